The van der Waals surface area contributed by atoms with E-state index in [1.54, 1.807) is 35.6 Å². The molecule has 0 aliphatic rings. The summed E-state index contributed by atoms with van der Waals surface area (Å²) in [5.41, 5.74) is 6.83. The monoisotopic (exact) mass is 472 g/mol. The maximum atomic E-state index is 12.6. The fourth-order valence-corrected chi connectivity index (χ4v) is 4.73. The number of hydrogen-bond donors (Lipinski definition) is 4. The quantitative estimate of drug-likeness (QED) is 0.381. The van der Waals surface area contributed by atoms with Crippen molar-refractivity contribution in [3.05, 3.63) is 82.0 Å². The Kier molecular flexibility index (Phi) is 7.62. The number of hydrogen-bond acceptors (Lipinski definition) is 5. The number of carbonyl (C=O) groups is 2. The lowest BCUT2D eigenvalue weighted by molar-refractivity contribution is 0.0939. The molecule has 10 heteroatoms. The van der Waals surface area contributed by atoms with E-state index in [2.05, 4.69) is 15.4 Å². The molecule has 1 heterocycles. The number of urea groups is 1. The summed E-state index contributed by atoms with van der Waals surface area (Å²) in [5.74, 6) is -0.327. The zero-order valence-electron chi connectivity index (χ0n) is 17.4. The van der Waals surface area contributed by atoms with Crippen molar-refractivity contribution < 1.29 is 18.0 Å². The van der Waals surface area contributed by atoms with E-state index in [0.717, 1.165) is 10.4 Å². The first-order valence-electron chi connectivity index (χ1n) is 9.84. The summed E-state index contributed by atoms with van der Waals surface area (Å²) in [7, 11) is -3.65. The van der Waals surface area contributed by atoms with Gasteiger partial charge in [0.2, 0.25) is 10.0 Å². The van der Waals surface area contributed by atoms with Crippen LogP contribution in [0.25, 0.3) is 0 Å². The second-order valence-corrected chi connectivity index (χ2v) is 9.86. The standard InChI is InChI=1S/C22H24N4O4S2/c1-15(16-4-8-18(9-5-16)26-22(23)28)25-21(27)17-6-10-20(11-7-17)32(29,30)24-13-12-19-3-2-14-31-19/h2-11,14-15,24H,12-13H2,1H3,(H,25,27)(H3,23,26,28). The first kappa shape index (κ1) is 23.5. The number of nitrogens with two attached hydrogens (primary N) is 1. The van der Waals surface area contributed by atoms with Crippen molar-refractivity contribution >= 4 is 39.0 Å². The molecule has 0 fully saturated rings. The lowest BCUT2D eigenvalue weighted by Crippen LogP contribution is -2.27. The molecule has 3 rings (SSSR count). The summed E-state index contributed by atoms with van der Waals surface area (Å²) in [6.07, 6.45) is 0.620. The van der Waals surface area contributed by atoms with Crippen LogP contribution in [0.4, 0.5) is 10.5 Å². The van der Waals surface area contributed by atoms with Crippen molar-refractivity contribution in [2.24, 2.45) is 5.73 Å². The van der Waals surface area contributed by atoms with E-state index in [1.807, 2.05) is 24.4 Å². The van der Waals surface area contributed by atoms with E-state index in [0.29, 0.717) is 24.2 Å². The zero-order chi connectivity index (χ0) is 23.1. The maximum Gasteiger partial charge on any atom is 0.316 e. The van der Waals surface area contributed by atoms with E-state index < -0.39 is 16.1 Å². The molecule has 0 bridgehead atoms. The molecule has 0 aliphatic heterocycles. The smallest absolute Gasteiger partial charge is 0.316 e. The number of carbonyl (C=O) groups excluding carboxylic acids is 2. The Hall–Kier alpha value is -3.21. The van der Waals surface area contributed by atoms with Crippen LogP contribution < -0.4 is 21.1 Å². The molecule has 1 atom stereocenters. The third-order valence-electron chi connectivity index (χ3n) is 4.70. The summed E-state index contributed by atoms with van der Waals surface area (Å²) >= 11 is 1.58. The average Bonchev–Trinajstić information content (AvgIpc) is 3.27. The second-order valence-electron chi connectivity index (χ2n) is 7.06. The van der Waals surface area contributed by atoms with E-state index in [4.69, 9.17) is 5.73 Å². The number of anilines is 1. The largest absolute Gasteiger partial charge is 0.351 e. The predicted octanol–water partition coefficient (Wildman–Crippen LogP) is 3.25. The molecule has 0 saturated heterocycles. The van der Waals surface area contributed by atoms with E-state index in [9.17, 15) is 18.0 Å². The molecule has 0 spiro atoms. The van der Waals surface area contributed by atoms with Gasteiger partial charge < -0.3 is 16.4 Å². The molecule has 168 valence electrons. The molecule has 1 unspecified atom stereocenters. The van der Waals surface area contributed by atoms with Gasteiger partial charge in [-0.05, 0) is 66.8 Å². The van der Waals surface area contributed by atoms with Crippen LogP contribution in [-0.2, 0) is 16.4 Å². The van der Waals surface area contributed by atoms with Crippen LogP contribution in [0.15, 0.2) is 70.9 Å². The first-order valence-corrected chi connectivity index (χ1v) is 12.2. The highest BCUT2D eigenvalue weighted by Gasteiger charge is 2.16. The molecule has 1 aromatic heterocycles. The molecule has 0 radical (unpaired) electrons. The lowest BCUT2D eigenvalue weighted by atomic mass is 10.1. The van der Waals surface area contributed by atoms with E-state index in [1.165, 1.54) is 24.3 Å². The van der Waals surface area contributed by atoms with Crippen LogP contribution in [0, 0.1) is 0 Å². The highest BCUT2D eigenvalue weighted by Crippen LogP contribution is 2.17. The van der Waals surface area contributed by atoms with Gasteiger partial charge in [0.15, 0.2) is 0 Å². The van der Waals surface area contributed by atoms with Crippen LogP contribution in [0.2, 0.25) is 0 Å². The molecular formula is C22H24N4O4S2. The molecule has 5 N–H and O–H groups in total. The second kappa shape index (κ2) is 10.4. The summed E-state index contributed by atoms with van der Waals surface area (Å²) in [6, 6.07) is 15.6. The highest BCUT2D eigenvalue weighted by atomic mass is 32.2. The Morgan fingerprint density at radius 1 is 1.03 bits per heavy atom. The Labute approximate surface area is 190 Å². The van der Waals surface area contributed by atoms with E-state index in [-0.39, 0.29) is 16.8 Å². The van der Waals surface area contributed by atoms with Gasteiger partial charge in [-0.25, -0.2) is 17.9 Å². The van der Waals surface area contributed by atoms with Crippen molar-refractivity contribution in [1.29, 1.82) is 0 Å². The van der Waals surface area contributed by atoms with Crippen molar-refractivity contribution in [3.8, 4) is 0 Å². The van der Waals surface area contributed by atoms with Gasteiger partial charge in [0.25, 0.3) is 5.91 Å². The van der Waals surface area contributed by atoms with Gasteiger partial charge in [0, 0.05) is 22.7 Å². The zero-order valence-corrected chi connectivity index (χ0v) is 19.0. The Morgan fingerprint density at radius 3 is 2.31 bits per heavy atom. The van der Waals surface area contributed by atoms with Gasteiger partial charge in [-0.1, -0.05) is 18.2 Å². The van der Waals surface area contributed by atoms with Gasteiger partial charge in [-0.3, -0.25) is 4.79 Å². The summed E-state index contributed by atoms with van der Waals surface area (Å²) in [6.45, 7) is 2.13. The number of primary amides is 1. The normalized spacial score (nSPS) is 12.2. The topological polar surface area (TPSA) is 130 Å². The lowest BCUT2D eigenvalue weighted by Gasteiger charge is -2.15. The molecule has 2 aromatic carbocycles. The minimum absolute atomic E-state index is 0.103. The summed E-state index contributed by atoms with van der Waals surface area (Å²) < 4.78 is 27.5. The van der Waals surface area contributed by atoms with Crippen LogP contribution in [0.5, 0.6) is 0 Å². The van der Waals surface area contributed by atoms with Crippen LogP contribution >= 0.6 is 11.3 Å². The van der Waals surface area contributed by atoms with Gasteiger partial charge in [0.05, 0.1) is 10.9 Å². The SMILES string of the molecule is CC(NC(=O)c1ccc(S(=O)(=O)NCCc2cccs2)cc1)c1ccc(NC(N)=O)cc1. The molecule has 0 aliphatic carbocycles. The number of sulfonamides is 1. The Balaban J connectivity index is 1.57. The van der Waals surface area contributed by atoms with Crippen molar-refractivity contribution in [3.63, 3.8) is 0 Å². The minimum Gasteiger partial charge on any atom is -0.351 e. The highest BCUT2D eigenvalue weighted by molar-refractivity contribution is 7.89. The first-order chi connectivity index (χ1) is 15.2. The van der Waals surface area contributed by atoms with Crippen LogP contribution in [0.1, 0.15) is 33.8 Å². The van der Waals surface area contributed by atoms with Crippen LogP contribution in [-0.4, -0.2) is 26.9 Å². The van der Waals surface area contributed by atoms with Crippen molar-refractivity contribution in [2.45, 2.75) is 24.3 Å². The number of benzene rings is 2. The summed E-state index contributed by atoms with van der Waals surface area (Å²) in [4.78, 5) is 24.7. The number of amides is 3. The number of thiophene rings is 1. The molecule has 32 heavy (non-hydrogen) atoms. The van der Waals surface area contributed by atoms with Crippen molar-refractivity contribution in [2.75, 3.05) is 11.9 Å². The number of nitrogens with one attached hydrogen (secondary N) is 3. The predicted molar refractivity (Wildman–Crippen MR) is 125 cm³/mol. The van der Waals surface area contributed by atoms with Gasteiger partial charge in [-0.15, -0.1) is 11.3 Å². The van der Waals surface area contributed by atoms with Gasteiger partial charge in [0.1, 0.15) is 0 Å². The number of rotatable bonds is 9. The minimum atomic E-state index is -3.65. The molecule has 3 aromatic rings. The molecule has 8 nitrogen and oxygen atoms in total. The average molecular weight is 473 g/mol. The Bertz CT molecular complexity index is 1160. The third kappa shape index (κ3) is 6.39. The molecular weight excluding hydrogens is 448 g/mol. The third-order valence-corrected chi connectivity index (χ3v) is 7.11. The fraction of sp³-hybridized carbons (Fsp3) is 0.182. The van der Waals surface area contributed by atoms with Gasteiger partial charge in [-0.2, -0.15) is 0 Å². The fourth-order valence-electron chi connectivity index (χ4n) is 2.99. The summed E-state index contributed by atoms with van der Waals surface area (Å²) in [5, 5.41) is 7.29. The molecule has 3 amide bonds. The van der Waals surface area contributed by atoms with Gasteiger partial charge >= 0.3 is 6.03 Å². The molecule has 0 saturated carbocycles. The van der Waals surface area contributed by atoms with Crippen molar-refractivity contribution in [1.82, 2.24) is 10.0 Å². The van der Waals surface area contributed by atoms with Crippen LogP contribution in [0.3, 0.4) is 0 Å². The maximum absolute atomic E-state index is 12.6. The Morgan fingerprint density at radius 2 is 1.72 bits per heavy atom. The van der Waals surface area contributed by atoms with E-state index >= 15 is 0 Å².